The summed E-state index contributed by atoms with van der Waals surface area (Å²) in [5.41, 5.74) is -0.253. The van der Waals surface area contributed by atoms with Crippen molar-refractivity contribution in [1.29, 1.82) is 0 Å². The van der Waals surface area contributed by atoms with Gasteiger partial charge in [-0.2, -0.15) is 9.40 Å². The zero-order chi connectivity index (χ0) is 12.3. The summed E-state index contributed by atoms with van der Waals surface area (Å²) in [6, 6.07) is 0. The van der Waals surface area contributed by atoms with Crippen LogP contribution in [0.15, 0.2) is 11.1 Å². The Morgan fingerprint density at radius 1 is 1.53 bits per heavy atom. The van der Waals surface area contributed by atoms with E-state index < -0.39 is 15.6 Å². The Labute approximate surface area is 99.7 Å². The molecule has 0 spiro atoms. The molecule has 1 aromatic heterocycles. The first-order chi connectivity index (χ1) is 7.93. The first kappa shape index (κ1) is 11.2. The molecule has 2 aliphatic rings. The van der Waals surface area contributed by atoms with E-state index in [1.807, 2.05) is 0 Å². The van der Waals surface area contributed by atoms with Crippen LogP contribution in [-0.4, -0.2) is 46.7 Å². The van der Waals surface area contributed by atoms with Gasteiger partial charge in [0, 0.05) is 13.1 Å². The maximum Gasteiger partial charge on any atom is 0.246 e. The Morgan fingerprint density at radius 3 is 2.65 bits per heavy atom. The second kappa shape index (κ2) is 3.30. The van der Waals surface area contributed by atoms with Crippen molar-refractivity contribution < 1.29 is 13.5 Å². The second-order valence-corrected chi connectivity index (χ2v) is 6.92. The van der Waals surface area contributed by atoms with Gasteiger partial charge in [-0.15, -0.1) is 0 Å². The summed E-state index contributed by atoms with van der Waals surface area (Å²) in [6.45, 7) is 2.10. The number of nitrogens with zero attached hydrogens (tertiary/aromatic N) is 2. The summed E-state index contributed by atoms with van der Waals surface area (Å²) in [4.78, 5) is 0.204. The van der Waals surface area contributed by atoms with Crippen LogP contribution in [0.2, 0.25) is 0 Å². The van der Waals surface area contributed by atoms with Crippen molar-refractivity contribution in [3.05, 3.63) is 11.9 Å². The van der Waals surface area contributed by atoms with Crippen LogP contribution in [0.3, 0.4) is 0 Å². The van der Waals surface area contributed by atoms with E-state index in [1.165, 1.54) is 10.5 Å². The molecule has 1 aliphatic heterocycles. The summed E-state index contributed by atoms with van der Waals surface area (Å²) in [7, 11) is -3.49. The van der Waals surface area contributed by atoms with Crippen molar-refractivity contribution in [1.82, 2.24) is 14.5 Å². The summed E-state index contributed by atoms with van der Waals surface area (Å²) >= 11 is 0. The summed E-state index contributed by atoms with van der Waals surface area (Å²) in [5, 5.41) is 16.5. The van der Waals surface area contributed by atoms with Gasteiger partial charge >= 0.3 is 0 Å². The fourth-order valence-electron chi connectivity index (χ4n) is 2.35. The molecule has 3 rings (SSSR count). The SMILES string of the molecule is Cc1[nH]ncc1S(=O)(=O)N1CC(O)(C2CC2)C1. The van der Waals surface area contributed by atoms with Gasteiger partial charge in [-0.3, -0.25) is 5.10 Å². The van der Waals surface area contributed by atoms with E-state index >= 15 is 0 Å². The molecule has 2 fully saturated rings. The van der Waals surface area contributed by atoms with E-state index in [1.54, 1.807) is 6.92 Å². The maximum absolute atomic E-state index is 12.2. The highest BCUT2D eigenvalue weighted by atomic mass is 32.2. The molecule has 0 radical (unpaired) electrons. The lowest BCUT2D eigenvalue weighted by Crippen LogP contribution is -2.64. The summed E-state index contributed by atoms with van der Waals surface area (Å²) < 4.78 is 25.7. The fourth-order valence-corrected chi connectivity index (χ4v) is 4.04. The first-order valence-electron chi connectivity index (χ1n) is 5.66. The molecular weight excluding hydrogens is 242 g/mol. The van der Waals surface area contributed by atoms with Crippen LogP contribution < -0.4 is 0 Å². The third-order valence-electron chi connectivity index (χ3n) is 3.64. The fraction of sp³-hybridized carbons (Fsp3) is 0.700. The number of nitrogens with one attached hydrogen (secondary N) is 1. The Hall–Kier alpha value is -0.920. The van der Waals surface area contributed by atoms with Crippen molar-refractivity contribution in [2.24, 2.45) is 5.92 Å². The van der Waals surface area contributed by atoms with Crippen molar-refractivity contribution >= 4 is 10.0 Å². The standard InChI is InChI=1S/C10H15N3O3S/c1-7-9(4-11-12-7)17(15,16)13-5-10(14,6-13)8-2-3-8/h4,8,14H,2-3,5-6H2,1H3,(H,11,12). The number of H-pyrrole nitrogens is 1. The van der Waals surface area contributed by atoms with Gasteiger partial charge in [0.1, 0.15) is 4.90 Å². The van der Waals surface area contributed by atoms with Gasteiger partial charge in [0.15, 0.2) is 0 Å². The van der Waals surface area contributed by atoms with E-state index in [-0.39, 0.29) is 18.0 Å². The molecule has 1 saturated carbocycles. The Kier molecular flexibility index (Phi) is 2.17. The largest absolute Gasteiger partial charge is 0.387 e. The van der Waals surface area contributed by atoms with Gasteiger partial charge < -0.3 is 5.11 Å². The highest BCUT2D eigenvalue weighted by Gasteiger charge is 2.55. The van der Waals surface area contributed by atoms with Crippen molar-refractivity contribution in [3.63, 3.8) is 0 Å². The van der Waals surface area contributed by atoms with E-state index in [4.69, 9.17) is 0 Å². The third kappa shape index (κ3) is 1.61. The van der Waals surface area contributed by atoms with Crippen molar-refractivity contribution in [3.8, 4) is 0 Å². The number of aromatic nitrogens is 2. The molecule has 0 bridgehead atoms. The van der Waals surface area contributed by atoms with Gasteiger partial charge in [-0.05, 0) is 25.7 Å². The number of sulfonamides is 1. The van der Waals surface area contributed by atoms with E-state index in [2.05, 4.69) is 10.2 Å². The average Bonchev–Trinajstić information content (AvgIpc) is 2.97. The van der Waals surface area contributed by atoms with Crippen LogP contribution in [0.1, 0.15) is 18.5 Å². The van der Waals surface area contributed by atoms with Gasteiger partial charge in [0.2, 0.25) is 10.0 Å². The molecular formula is C10H15N3O3S. The molecule has 0 atom stereocenters. The van der Waals surface area contributed by atoms with Crippen LogP contribution in [-0.2, 0) is 10.0 Å². The van der Waals surface area contributed by atoms with Crippen LogP contribution in [0, 0.1) is 12.8 Å². The highest BCUT2D eigenvalue weighted by molar-refractivity contribution is 7.89. The van der Waals surface area contributed by atoms with Gasteiger partial charge in [-0.1, -0.05) is 0 Å². The maximum atomic E-state index is 12.2. The predicted octanol–water partition coefficient (Wildman–Crippen LogP) is -0.136. The number of aromatic amines is 1. The van der Waals surface area contributed by atoms with Crippen LogP contribution >= 0.6 is 0 Å². The Morgan fingerprint density at radius 2 is 2.18 bits per heavy atom. The van der Waals surface area contributed by atoms with E-state index in [9.17, 15) is 13.5 Å². The molecule has 0 aromatic carbocycles. The van der Waals surface area contributed by atoms with Crippen LogP contribution in [0.4, 0.5) is 0 Å². The lowest BCUT2D eigenvalue weighted by molar-refractivity contribution is -0.0764. The smallest absolute Gasteiger partial charge is 0.246 e. The van der Waals surface area contributed by atoms with E-state index in [0.29, 0.717) is 11.6 Å². The average molecular weight is 257 g/mol. The molecule has 17 heavy (non-hydrogen) atoms. The van der Waals surface area contributed by atoms with Crippen molar-refractivity contribution in [2.75, 3.05) is 13.1 Å². The topological polar surface area (TPSA) is 86.3 Å². The molecule has 2 N–H and O–H groups in total. The monoisotopic (exact) mass is 257 g/mol. The third-order valence-corrected chi connectivity index (χ3v) is 5.54. The minimum Gasteiger partial charge on any atom is -0.387 e. The van der Waals surface area contributed by atoms with Gasteiger partial charge in [0.25, 0.3) is 0 Å². The second-order valence-electron chi connectivity index (χ2n) is 5.01. The normalized spacial score (nSPS) is 24.6. The number of aliphatic hydroxyl groups is 1. The minimum atomic E-state index is -3.49. The Bertz CT molecular complexity index is 541. The van der Waals surface area contributed by atoms with Crippen LogP contribution in [0.25, 0.3) is 0 Å². The number of hydrogen-bond donors (Lipinski definition) is 2. The summed E-state index contributed by atoms with van der Waals surface area (Å²) in [5.74, 6) is 0.291. The van der Waals surface area contributed by atoms with Gasteiger partial charge in [-0.25, -0.2) is 8.42 Å². The van der Waals surface area contributed by atoms with Crippen LogP contribution in [0.5, 0.6) is 0 Å². The molecule has 2 heterocycles. The minimum absolute atomic E-state index is 0.204. The highest BCUT2D eigenvalue weighted by Crippen LogP contribution is 2.45. The quantitative estimate of drug-likeness (QED) is 0.789. The molecule has 1 saturated heterocycles. The Balaban J connectivity index is 1.80. The van der Waals surface area contributed by atoms with Crippen molar-refractivity contribution in [2.45, 2.75) is 30.3 Å². The van der Waals surface area contributed by atoms with E-state index in [0.717, 1.165) is 12.8 Å². The molecule has 94 valence electrons. The number of hydrogen-bond acceptors (Lipinski definition) is 4. The molecule has 6 nitrogen and oxygen atoms in total. The number of aryl methyl sites for hydroxylation is 1. The molecule has 1 aromatic rings. The summed E-state index contributed by atoms with van der Waals surface area (Å²) in [6.07, 6.45) is 3.34. The number of β-amino-alcohol motifs (C(OH)–C–C–N with tert-alkyl or cyclic N) is 1. The first-order valence-corrected chi connectivity index (χ1v) is 7.10. The van der Waals surface area contributed by atoms with Gasteiger partial charge in [0.05, 0.1) is 17.5 Å². The lowest BCUT2D eigenvalue weighted by Gasteiger charge is -2.45. The molecule has 0 unspecified atom stereocenters. The molecule has 0 amide bonds. The molecule has 1 aliphatic carbocycles. The lowest BCUT2D eigenvalue weighted by atomic mass is 9.91. The predicted molar refractivity (Wildman–Crippen MR) is 59.8 cm³/mol. The number of rotatable bonds is 3. The molecule has 7 heteroatoms. The zero-order valence-corrected chi connectivity index (χ0v) is 10.4. The zero-order valence-electron chi connectivity index (χ0n) is 9.55.